The second-order valence-electron chi connectivity index (χ2n) is 11.5. The second-order valence-corrected chi connectivity index (χ2v) is 11.5. The Labute approximate surface area is 205 Å². The molecule has 4 aliphatic carbocycles. The largest absolute Gasteiger partial charge is 0.423 e. The fourth-order valence-corrected chi connectivity index (χ4v) is 8.25. The molecule has 0 unspecified atom stereocenters. The minimum Gasteiger partial charge on any atom is -0.423 e. The predicted molar refractivity (Wildman–Crippen MR) is 128 cm³/mol. The molecule has 2 saturated carbocycles. The van der Waals surface area contributed by atoms with Gasteiger partial charge in [0.25, 0.3) is 0 Å². The van der Waals surface area contributed by atoms with Crippen LogP contribution in [-0.4, -0.2) is 45.9 Å². The topological polar surface area (TPSA) is 96.4 Å². The van der Waals surface area contributed by atoms with Crippen molar-refractivity contribution < 1.29 is 29.3 Å². The van der Waals surface area contributed by atoms with E-state index in [0.29, 0.717) is 17.7 Å². The van der Waals surface area contributed by atoms with Gasteiger partial charge in [-0.15, -0.1) is 0 Å². The van der Waals surface area contributed by atoms with Crippen molar-refractivity contribution in [2.75, 3.05) is 6.61 Å². The minimum absolute atomic E-state index is 0.0859. The highest BCUT2D eigenvalue weighted by molar-refractivity contribution is 5.90. The van der Waals surface area contributed by atoms with Gasteiger partial charge in [-0.25, -0.2) is 4.79 Å². The van der Waals surface area contributed by atoms with Gasteiger partial charge in [0, 0.05) is 10.8 Å². The molecular weight excluding hydrogens is 444 g/mol. The van der Waals surface area contributed by atoms with Crippen molar-refractivity contribution in [2.24, 2.45) is 28.6 Å². The van der Waals surface area contributed by atoms with Gasteiger partial charge in [0.2, 0.25) is 0 Å². The van der Waals surface area contributed by atoms with Crippen LogP contribution in [0.15, 0.2) is 66.0 Å². The van der Waals surface area contributed by atoms with Gasteiger partial charge in [0.15, 0.2) is 5.78 Å². The highest BCUT2D eigenvalue weighted by Gasteiger charge is 2.81. The van der Waals surface area contributed by atoms with Crippen molar-refractivity contribution in [3.05, 3.63) is 71.5 Å². The normalized spacial score (nSPS) is 44.7. The van der Waals surface area contributed by atoms with Crippen molar-refractivity contribution in [3.8, 4) is 0 Å². The molecule has 0 bridgehead atoms. The van der Waals surface area contributed by atoms with Crippen LogP contribution in [0.25, 0.3) is 0 Å². The molecular formula is C29H32O6. The summed E-state index contributed by atoms with van der Waals surface area (Å²) in [6, 6.07) is 8.94. The summed E-state index contributed by atoms with van der Waals surface area (Å²) < 4.78 is 12.2. The summed E-state index contributed by atoms with van der Waals surface area (Å²) in [5.41, 5.74) is -1.41. The average molecular weight is 477 g/mol. The molecule has 0 aromatic heterocycles. The number of carbonyl (C=O) groups excluding carboxylic acids is 2. The molecule has 6 rings (SSSR count). The Morgan fingerprint density at radius 1 is 1.17 bits per heavy atom. The summed E-state index contributed by atoms with van der Waals surface area (Å²) in [7, 11) is 0. The lowest BCUT2D eigenvalue weighted by atomic mass is 9.48. The zero-order valence-electron chi connectivity index (χ0n) is 20.4. The zero-order chi connectivity index (χ0) is 24.8. The van der Waals surface area contributed by atoms with Gasteiger partial charge in [-0.3, -0.25) is 4.79 Å². The van der Waals surface area contributed by atoms with Crippen molar-refractivity contribution in [1.29, 1.82) is 0 Å². The first kappa shape index (κ1) is 22.9. The maximum Gasteiger partial charge on any atom is 0.343 e. The van der Waals surface area contributed by atoms with Crippen LogP contribution in [0.3, 0.4) is 0 Å². The summed E-state index contributed by atoms with van der Waals surface area (Å²) in [5, 5.41) is 21.3. The summed E-state index contributed by atoms with van der Waals surface area (Å²) in [4.78, 5) is 25.4. The number of esters is 1. The van der Waals surface area contributed by atoms with Gasteiger partial charge in [0.05, 0.1) is 11.7 Å². The van der Waals surface area contributed by atoms with E-state index in [2.05, 4.69) is 19.1 Å². The molecule has 1 heterocycles. The number of epoxide rings is 1. The second kappa shape index (κ2) is 7.25. The van der Waals surface area contributed by atoms with Crippen LogP contribution in [-0.2, 0) is 14.3 Å². The number of allylic oxidation sites excluding steroid dienone is 3. The van der Waals surface area contributed by atoms with E-state index in [0.717, 1.165) is 18.4 Å². The van der Waals surface area contributed by atoms with Crippen LogP contribution < -0.4 is 0 Å². The SMILES string of the molecule is C[C@@H]1C[C@H]2[C@@H]3CC=C4C=C(OC(=O)c5ccccc5)C=C[C@]4(C)[C@]34O[C@H]4C[C@]2(C)[C@@]1(O)C(=O)CO. The first-order valence-corrected chi connectivity index (χ1v) is 12.5. The van der Waals surface area contributed by atoms with E-state index in [9.17, 15) is 19.8 Å². The third kappa shape index (κ3) is 2.71. The molecule has 8 atom stereocenters. The molecule has 184 valence electrons. The van der Waals surface area contributed by atoms with Crippen LogP contribution in [0.4, 0.5) is 0 Å². The third-order valence-electron chi connectivity index (χ3n) is 10.1. The average Bonchev–Trinajstić information content (AvgIpc) is 3.54. The fourth-order valence-electron chi connectivity index (χ4n) is 8.25. The number of benzene rings is 1. The molecule has 35 heavy (non-hydrogen) atoms. The number of hydrogen-bond acceptors (Lipinski definition) is 6. The van der Waals surface area contributed by atoms with Crippen molar-refractivity contribution in [1.82, 2.24) is 0 Å². The van der Waals surface area contributed by atoms with Gasteiger partial charge >= 0.3 is 5.97 Å². The Kier molecular flexibility index (Phi) is 4.74. The number of hydrogen-bond donors (Lipinski definition) is 2. The number of Topliss-reactive ketones (excluding diaryl/α,β-unsaturated/α-hetero) is 1. The number of rotatable bonds is 4. The fraction of sp³-hybridized carbons (Fsp3) is 0.517. The smallest absolute Gasteiger partial charge is 0.343 e. The van der Waals surface area contributed by atoms with Crippen molar-refractivity contribution >= 4 is 11.8 Å². The monoisotopic (exact) mass is 476 g/mol. The summed E-state index contributed by atoms with van der Waals surface area (Å²) >= 11 is 0. The van der Waals surface area contributed by atoms with Crippen LogP contribution in [0.1, 0.15) is 50.4 Å². The first-order valence-electron chi connectivity index (χ1n) is 12.5. The van der Waals surface area contributed by atoms with E-state index in [-0.39, 0.29) is 29.8 Å². The Hall–Kier alpha value is -2.54. The van der Waals surface area contributed by atoms with Gasteiger partial charge in [-0.05, 0) is 73.8 Å². The lowest BCUT2D eigenvalue weighted by Crippen LogP contribution is -2.62. The quantitative estimate of drug-likeness (QED) is 0.508. The lowest BCUT2D eigenvalue weighted by Gasteiger charge is -2.54. The molecule has 1 spiro atoms. The van der Waals surface area contributed by atoms with Crippen molar-refractivity contribution in [2.45, 2.75) is 57.3 Å². The maximum atomic E-state index is 12.8. The lowest BCUT2D eigenvalue weighted by molar-refractivity contribution is -0.165. The summed E-state index contributed by atoms with van der Waals surface area (Å²) in [6.45, 7) is 5.47. The Bertz CT molecular complexity index is 1200. The zero-order valence-corrected chi connectivity index (χ0v) is 20.4. The van der Waals surface area contributed by atoms with Crippen LogP contribution >= 0.6 is 0 Å². The number of carbonyl (C=O) groups is 2. The van der Waals surface area contributed by atoms with Gasteiger partial charge in [0.1, 0.15) is 23.6 Å². The van der Waals surface area contributed by atoms with E-state index < -0.39 is 34.4 Å². The summed E-state index contributed by atoms with van der Waals surface area (Å²) in [6.07, 6.45) is 10.1. The molecule has 1 aromatic rings. The van der Waals surface area contributed by atoms with Crippen molar-refractivity contribution in [3.63, 3.8) is 0 Å². The highest BCUT2D eigenvalue weighted by Crippen LogP contribution is 2.75. The Morgan fingerprint density at radius 2 is 1.91 bits per heavy atom. The van der Waals surface area contributed by atoms with E-state index in [1.165, 1.54) is 0 Å². The molecule has 1 aromatic carbocycles. The van der Waals surface area contributed by atoms with Crippen LogP contribution in [0.2, 0.25) is 0 Å². The summed E-state index contributed by atoms with van der Waals surface area (Å²) in [5.74, 6) is -0.343. The Morgan fingerprint density at radius 3 is 2.63 bits per heavy atom. The standard InChI is InChI=1S/C29H32O6/c1-17-13-22-21-10-9-19-14-20(34-25(32)18-7-5-4-6-8-18)11-12-26(19,2)29(21)24(35-29)15-27(22,3)28(17,33)23(31)16-30/h4-9,11-12,14,17,21-22,24,30,33H,10,13,15-16H2,1-3H3/t17-,21+,22+,24+,26+,27+,28+,29+/m1/s1. The molecule has 0 radical (unpaired) electrons. The highest BCUT2D eigenvalue weighted by atomic mass is 16.6. The van der Waals surface area contributed by atoms with E-state index in [1.807, 2.05) is 44.2 Å². The first-order chi connectivity index (χ1) is 16.6. The van der Waals surface area contributed by atoms with E-state index in [4.69, 9.17) is 9.47 Å². The molecule has 3 fully saturated rings. The third-order valence-corrected chi connectivity index (χ3v) is 10.1. The number of aliphatic hydroxyl groups excluding tert-OH is 1. The van der Waals surface area contributed by atoms with Gasteiger partial charge in [-0.1, -0.05) is 44.2 Å². The van der Waals surface area contributed by atoms with Crippen LogP contribution in [0.5, 0.6) is 0 Å². The molecule has 6 nitrogen and oxygen atoms in total. The van der Waals surface area contributed by atoms with Gasteiger partial charge in [-0.2, -0.15) is 0 Å². The predicted octanol–water partition coefficient (Wildman–Crippen LogP) is 3.75. The van der Waals surface area contributed by atoms with E-state index in [1.54, 1.807) is 12.1 Å². The molecule has 6 heteroatoms. The number of ether oxygens (including phenoxy) is 2. The minimum atomic E-state index is -1.55. The Balaban J connectivity index is 1.32. The molecule has 2 N–H and O–H groups in total. The number of fused-ring (bicyclic) bond motifs is 3. The van der Waals surface area contributed by atoms with Crippen LogP contribution in [0, 0.1) is 28.6 Å². The maximum absolute atomic E-state index is 12.8. The molecule has 0 amide bonds. The van der Waals surface area contributed by atoms with Gasteiger partial charge < -0.3 is 19.7 Å². The molecule has 1 saturated heterocycles. The number of ketones is 1. The molecule has 5 aliphatic rings. The molecule has 1 aliphatic heterocycles. The number of aliphatic hydroxyl groups is 2. The van der Waals surface area contributed by atoms with E-state index >= 15 is 0 Å².